The number of rotatable bonds is 3. The number of hydrogen-bond acceptors (Lipinski definition) is 3. The Morgan fingerprint density at radius 1 is 1.42 bits per heavy atom. The number of carbonyl (C=O) groups excluding carboxylic acids is 2. The molecule has 2 atom stereocenters. The second-order valence-corrected chi connectivity index (χ2v) is 6.59. The number of amides is 2. The van der Waals surface area contributed by atoms with Gasteiger partial charge in [-0.25, -0.2) is 4.98 Å². The topological polar surface area (TPSA) is 76.0 Å². The zero-order chi connectivity index (χ0) is 16.7. The van der Waals surface area contributed by atoms with Gasteiger partial charge in [-0.1, -0.05) is 18.2 Å². The molecule has 2 N–H and O–H groups in total. The molecule has 0 saturated carbocycles. The van der Waals surface area contributed by atoms with E-state index in [4.69, 9.17) is 0 Å². The molecular weight excluding hydrogens is 304 g/mol. The lowest BCUT2D eigenvalue weighted by atomic mass is 9.96. The highest BCUT2D eigenvalue weighted by Gasteiger charge is 2.32. The van der Waals surface area contributed by atoms with Crippen LogP contribution in [0.2, 0.25) is 0 Å². The molecule has 0 aliphatic carbocycles. The highest BCUT2D eigenvalue weighted by molar-refractivity contribution is 6.04. The van der Waals surface area contributed by atoms with E-state index in [0.29, 0.717) is 0 Å². The standard InChI is InChI=1S/C18H20N4O2/c1-11-9-22-10-12(6-7-16(22)19-11)20-17(23)8-14-13-4-2-3-5-15(13)21-18(14)24/h2-5,9,12,14H,6-8,10H2,1H3,(H,20,23)(H,21,24)/t12-,14+/m1/s1. The summed E-state index contributed by atoms with van der Waals surface area (Å²) in [6.07, 6.45) is 3.96. The van der Waals surface area contributed by atoms with Crippen LogP contribution in [0.1, 0.15) is 35.8 Å². The molecule has 2 aliphatic heterocycles. The van der Waals surface area contributed by atoms with Crippen molar-refractivity contribution < 1.29 is 9.59 Å². The van der Waals surface area contributed by atoms with Crippen LogP contribution in [0.4, 0.5) is 5.69 Å². The highest BCUT2D eigenvalue weighted by Crippen LogP contribution is 2.34. The van der Waals surface area contributed by atoms with E-state index in [0.717, 1.165) is 42.2 Å². The van der Waals surface area contributed by atoms with Gasteiger partial charge in [0.05, 0.1) is 11.6 Å². The van der Waals surface area contributed by atoms with Crippen LogP contribution in [-0.2, 0) is 22.6 Å². The van der Waals surface area contributed by atoms with E-state index >= 15 is 0 Å². The van der Waals surface area contributed by atoms with Gasteiger partial charge in [-0.2, -0.15) is 0 Å². The van der Waals surface area contributed by atoms with Crippen molar-refractivity contribution in [3.63, 3.8) is 0 Å². The Labute approximate surface area is 140 Å². The number of para-hydroxylation sites is 1. The summed E-state index contributed by atoms with van der Waals surface area (Å²) in [7, 11) is 0. The number of aryl methyl sites for hydroxylation is 2. The number of anilines is 1. The molecule has 124 valence electrons. The molecule has 1 aromatic carbocycles. The fourth-order valence-corrected chi connectivity index (χ4v) is 3.65. The molecule has 2 aliphatic rings. The first kappa shape index (κ1) is 14.9. The van der Waals surface area contributed by atoms with Crippen LogP contribution in [0.15, 0.2) is 30.5 Å². The third-order valence-corrected chi connectivity index (χ3v) is 4.78. The van der Waals surface area contributed by atoms with Gasteiger partial charge in [-0.05, 0) is 25.0 Å². The van der Waals surface area contributed by atoms with Crippen LogP contribution in [0.25, 0.3) is 0 Å². The predicted octanol–water partition coefficient (Wildman–Crippen LogP) is 1.75. The number of fused-ring (bicyclic) bond motifs is 2. The molecule has 1 aromatic heterocycles. The van der Waals surface area contributed by atoms with Gasteiger partial charge in [0.25, 0.3) is 0 Å². The van der Waals surface area contributed by atoms with Crippen LogP contribution in [-0.4, -0.2) is 27.4 Å². The van der Waals surface area contributed by atoms with E-state index in [-0.39, 0.29) is 24.3 Å². The number of nitrogens with zero attached hydrogens (tertiary/aromatic N) is 2. The molecule has 2 aromatic rings. The normalized spacial score (nSPS) is 21.8. The fourth-order valence-electron chi connectivity index (χ4n) is 3.65. The Kier molecular flexibility index (Phi) is 3.59. The highest BCUT2D eigenvalue weighted by atomic mass is 16.2. The van der Waals surface area contributed by atoms with E-state index in [1.54, 1.807) is 0 Å². The molecule has 0 fully saturated rings. The van der Waals surface area contributed by atoms with Crippen molar-refractivity contribution in [2.45, 2.75) is 44.7 Å². The lowest BCUT2D eigenvalue weighted by molar-refractivity contribution is -0.125. The average Bonchev–Trinajstić information content (AvgIpc) is 3.06. The van der Waals surface area contributed by atoms with Gasteiger partial charge in [0.2, 0.25) is 11.8 Å². The van der Waals surface area contributed by atoms with Gasteiger partial charge in [0, 0.05) is 37.3 Å². The minimum atomic E-state index is -0.393. The zero-order valence-electron chi connectivity index (χ0n) is 13.6. The van der Waals surface area contributed by atoms with Gasteiger partial charge in [0.1, 0.15) is 5.82 Å². The van der Waals surface area contributed by atoms with Crippen molar-refractivity contribution in [1.82, 2.24) is 14.9 Å². The first-order valence-corrected chi connectivity index (χ1v) is 8.32. The van der Waals surface area contributed by atoms with Crippen molar-refractivity contribution in [2.75, 3.05) is 5.32 Å². The van der Waals surface area contributed by atoms with E-state index in [9.17, 15) is 9.59 Å². The second-order valence-electron chi connectivity index (χ2n) is 6.59. The van der Waals surface area contributed by atoms with Gasteiger partial charge >= 0.3 is 0 Å². The smallest absolute Gasteiger partial charge is 0.232 e. The minimum Gasteiger partial charge on any atom is -0.352 e. The Balaban J connectivity index is 1.40. The summed E-state index contributed by atoms with van der Waals surface area (Å²) in [6, 6.07) is 7.66. The number of imidazole rings is 1. The maximum absolute atomic E-state index is 12.4. The van der Waals surface area contributed by atoms with E-state index in [1.807, 2.05) is 37.4 Å². The molecule has 6 nitrogen and oxygen atoms in total. The minimum absolute atomic E-state index is 0.0721. The molecular formula is C18H20N4O2. The number of hydrogen-bond donors (Lipinski definition) is 2. The molecule has 0 unspecified atom stereocenters. The van der Waals surface area contributed by atoms with Crippen molar-refractivity contribution >= 4 is 17.5 Å². The van der Waals surface area contributed by atoms with Crippen LogP contribution in [0.3, 0.4) is 0 Å². The number of carbonyl (C=O) groups is 2. The molecule has 0 bridgehead atoms. The second kappa shape index (κ2) is 5.78. The van der Waals surface area contributed by atoms with Gasteiger partial charge < -0.3 is 15.2 Å². The van der Waals surface area contributed by atoms with Crippen LogP contribution in [0, 0.1) is 6.92 Å². The van der Waals surface area contributed by atoms with Crippen LogP contribution in [0.5, 0.6) is 0 Å². The summed E-state index contributed by atoms with van der Waals surface area (Å²) in [5.41, 5.74) is 2.74. The fraction of sp³-hybridized carbons (Fsp3) is 0.389. The predicted molar refractivity (Wildman–Crippen MR) is 89.6 cm³/mol. The van der Waals surface area contributed by atoms with E-state index < -0.39 is 5.92 Å². The largest absolute Gasteiger partial charge is 0.352 e. The molecule has 6 heteroatoms. The summed E-state index contributed by atoms with van der Waals surface area (Å²) in [4.78, 5) is 29.0. The monoisotopic (exact) mass is 324 g/mol. The average molecular weight is 324 g/mol. The van der Waals surface area contributed by atoms with E-state index in [1.165, 1.54) is 0 Å². The number of benzene rings is 1. The maximum Gasteiger partial charge on any atom is 0.232 e. The Bertz CT molecular complexity index is 811. The SMILES string of the molecule is Cc1cn2c(n1)CC[C@@H](NC(=O)C[C@@H]1C(=O)Nc3ccccc31)C2. The van der Waals surface area contributed by atoms with Crippen LogP contribution < -0.4 is 10.6 Å². The molecule has 4 rings (SSSR count). The summed E-state index contributed by atoms with van der Waals surface area (Å²) in [5.74, 6) is 0.526. The Morgan fingerprint density at radius 2 is 2.25 bits per heavy atom. The molecule has 24 heavy (non-hydrogen) atoms. The van der Waals surface area contributed by atoms with Crippen LogP contribution >= 0.6 is 0 Å². The third-order valence-electron chi connectivity index (χ3n) is 4.78. The van der Waals surface area contributed by atoms with Crippen molar-refractivity contribution in [1.29, 1.82) is 0 Å². The Hall–Kier alpha value is -2.63. The summed E-state index contributed by atoms with van der Waals surface area (Å²) >= 11 is 0. The summed E-state index contributed by atoms with van der Waals surface area (Å²) < 4.78 is 2.11. The molecule has 2 amide bonds. The summed E-state index contributed by atoms with van der Waals surface area (Å²) in [6.45, 7) is 2.73. The van der Waals surface area contributed by atoms with Gasteiger partial charge in [0.15, 0.2) is 0 Å². The van der Waals surface area contributed by atoms with E-state index in [2.05, 4.69) is 20.2 Å². The number of nitrogens with one attached hydrogen (secondary N) is 2. The first-order valence-electron chi connectivity index (χ1n) is 8.32. The summed E-state index contributed by atoms with van der Waals surface area (Å²) in [5, 5.41) is 5.92. The van der Waals surface area contributed by atoms with Gasteiger partial charge in [-0.3, -0.25) is 9.59 Å². The molecule has 0 saturated heterocycles. The zero-order valence-corrected chi connectivity index (χ0v) is 13.6. The molecule has 0 radical (unpaired) electrons. The Morgan fingerprint density at radius 3 is 3.12 bits per heavy atom. The third kappa shape index (κ3) is 2.68. The quantitative estimate of drug-likeness (QED) is 0.903. The first-order chi connectivity index (χ1) is 11.6. The number of aromatic nitrogens is 2. The van der Waals surface area contributed by atoms with Crippen molar-refractivity contribution in [3.8, 4) is 0 Å². The van der Waals surface area contributed by atoms with Crippen molar-refractivity contribution in [3.05, 3.63) is 47.5 Å². The van der Waals surface area contributed by atoms with Crippen molar-refractivity contribution in [2.24, 2.45) is 0 Å². The lowest BCUT2D eigenvalue weighted by Crippen LogP contribution is -2.41. The molecule has 3 heterocycles. The lowest BCUT2D eigenvalue weighted by Gasteiger charge is -2.25. The van der Waals surface area contributed by atoms with Gasteiger partial charge in [-0.15, -0.1) is 0 Å². The molecule has 0 spiro atoms. The maximum atomic E-state index is 12.4.